The molecule has 52 heavy (non-hydrogen) atoms. The number of fused-ring (bicyclic) bond motifs is 2. The number of anilines is 2. The molecule has 6 aromatic rings. The molecule has 0 bridgehead atoms. The van der Waals surface area contributed by atoms with Gasteiger partial charge in [0.05, 0.1) is 14.2 Å². The van der Waals surface area contributed by atoms with Crippen LogP contribution in [-0.2, 0) is 20.2 Å². The van der Waals surface area contributed by atoms with Gasteiger partial charge < -0.3 is 31.2 Å². The van der Waals surface area contributed by atoms with Gasteiger partial charge in [0, 0.05) is 22.1 Å². The minimum atomic E-state index is -4.84. The molecule has 0 saturated carbocycles. The van der Waals surface area contributed by atoms with E-state index in [1.807, 2.05) is 0 Å². The molecule has 8 N–H and O–H groups in total. The van der Waals surface area contributed by atoms with Crippen molar-refractivity contribution in [3.8, 4) is 34.1 Å². The Hall–Kier alpha value is -6.34. The molecule has 0 aliphatic heterocycles. The van der Waals surface area contributed by atoms with E-state index in [-0.39, 0.29) is 39.0 Å². The van der Waals surface area contributed by atoms with E-state index in [0.29, 0.717) is 27.9 Å². The molecule has 0 saturated heterocycles. The lowest BCUT2D eigenvalue weighted by atomic mass is 10.0. The standard InChI is InChI=1S/C34H28N6O10S2/c1-49-27-12-17(4-9-25(27)37-39-31-30(52(46,47)48)15-20-11-21(35)7-8-23(20)33(31)41)18-5-10-26(28(13-18)50-2)38-40-32-29(51(43,44)45)14-19-3-6-22(36)16-24(19)34(32)42/h3-16,41-42H,35-36H2,1-2H3,(H,43,44,45)(H,46,47,48)/b39-37+,40-38+. The van der Waals surface area contributed by atoms with E-state index in [1.54, 1.807) is 24.3 Å². The zero-order valence-corrected chi connectivity index (χ0v) is 28.7. The van der Waals surface area contributed by atoms with Crippen LogP contribution in [0, 0.1) is 0 Å². The molecule has 0 fully saturated rings. The monoisotopic (exact) mass is 744 g/mol. The number of aromatic hydroxyl groups is 2. The predicted octanol–water partition coefficient (Wildman–Crippen LogP) is 7.58. The quantitative estimate of drug-likeness (QED) is 0.0475. The summed E-state index contributed by atoms with van der Waals surface area (Å²) in [5.41, 5.74) is 12.7. The molecule has 266 valence electrons. The van der Waals surface area contributed by atoms with Gasteiger partial charge in [-0.3, -0.25) is 9.11 Å². The van der Waals surface area contributed by atoms with Crippen molar-refractivity contribution >= 4 is 75.9 Å². The Kier molecular flexibility index (Phi) is 9.15. The number of benzene rings is 6. The van der Waals surface area contributed by atoms with Crippen molar-refractivity contribution in [1.29, 1.82) is 0 Å². The van der Waals surface area contributed by atoms with Crippen molar-refractivity contribution in [2.45, 2.75) is 9.79 Å². The number of nitrogens with two attached hydrogens (primary N) is 2. The Morgan fingerprint density at radius 2 is 1.00 bits per heavy atom. The maximum absolute atomic E-state index is 12.2. The van der Waals surface area contributed by atoms with Gasteiger partial charge in [-0.25, -0.2) is 0 Å². The van der Waals surface area contributed by atoms with Gasteiger partial charge in [-0.2, -0.15) is 16.8 Å². The summed E-state index contributed by atoms with van der Waals surface area (Å²) in [7, 11) is -6.92. The normalized spacial score (nSPS) is 12.3. The maximum atomic E-state index is 12.2. The van der Waals surface area contributed by atoms with E-state index in [9.17, 15) is 36.2 Å². The van der Waals surface area contributed by atoms with Gasteiger partial charge >= 0.3 is 0 Å². The van der Waals surface area contributed by atoms with Gasteiger partial charge in [-0.1, -0.05) is 18.2 Å². The summed E-state index contributed by atoms with van der Waals surface area (Å²) < 4.78 is 79.5. The van der Waals surface area contributed by atoms with Crippen LogP contribution >= 0.6 is 0 Å². The second-order valence-corrected chi connectivity index (χ2v) is 14.0. The van der Waals surface area contributed by atoms with Gasteiger partial charge in [0.1, 0.15) is 44.0 Å². The number of nitrogens with zero attached hydrogens (tertiary/aromatic N) is 4. The molecule has 6 aromatic carbocycles. The average Bonchev–Trinajstić information content (AvgIpc) is 3.09. The van der Waals surface area contributed by atoms with E-state index in [4.69, 9.17) is 20.9 Å². The number of ether oxygens (including phenoxy) is 2. The molecule has 18 heteroatoms. The van der Waals surface area contributed by atoms with E-state index in [1.165, 1.54) is 62.8 Å². The summed E-state index contributed by atoms with van der Waals surface area (Å²) in [6.45, 7) is 0. The highest BCUT2D eigenvalue weighted by Crippen LogP contribution is 2.45. The number of phenolic OH excluding ortho intramolecular Hbond substituents is 2. The van der Waals surface area contributed by atoms with Crippen LogP contribution in [0.5, 0.6) is 23.0 Å². The van der Waals surface area contributed by atoms with Crippen LogP contribution in [0.3, 0.4) is 0 Å². The fourth-order valence-electron chi connectivity index (χ4n) is 5.40. The largest absolute Gasteiger partial charge is 0.505 e. The smallest absolute Gasteiger partial charge is 0.296 e. The zero-order valence-electron chi connectivity index (χ0n) is 27.1. The fraction of sp³-hybridized carbons (Fsp3) is 0.0588. The van der Waals surface area contributed by atoms with Crippen LogP contribution in [0.2, 0.25) is 0 Å². The molecular formula is C34H28N6O10S2. The van der Waals surface area contributed by atoms with Crippen LogP contribution in [0.15, 0.2) is 115 Å². The minimum Gasteiger partial charge on any atom is -0.505 e. The number of methoxy groups -OCH3 is 2. The molecule has 0 aliphatic rings. The van der Waals surface area contributed by atoms with Crippen molar-refractivity contribution in [1.82, 2.24) is 0 Å². The Morgan fingerprint density at radius 3 is 1.50 bits per heavy atom. The van der Waals surface area contributed by atoms with Crippen molar-refractivity contribution in [2.24, 2.45) is 20.5 Å². The summed E-state index contributed by atoms with van der Waals surface area (Å²) >= 11 is 0. The first-order valence-electron chi connectivity index (χ1n) is 14.8. The lowest BCUT2D eigenvalue weighted by Crippen LogP contribution is -1.99. The van der Waals surface area contributed by atoms with Crippen molar-refractivity contribution in [3.63, 3.8) is 0 Å². The highest BCUT2D eigenvalue weighted by atomic mass is 32.2. The number of phenols is 2. The number of hydrogen-bond donors (Lipinski definition) is 6. The first-order valence-corrected chi connectivity index (χ1v) is 17.7. The second-order valence-electron chi connectivity index (χ2n) is 11.2. The third-order valence-electron chi connectivity index (χ3n) is 7.92. The summed E-state index contributed by atoms with van der Waals surface area (Å²) in [6, 6.07) is 20.7. The van der Waals surface area contributed by atoms with Crippen molar-refractivity contribution < 1.29 is 45.6 Å². The van der Waals surface area contributed by atoms with E-state index in [0.717, 1.165) is 12.1 Å². The molecule has 0 aliphatic carbocycles. The molecule has 0 aromatic heterocycles. The van der Waals surface area contributed by atoms with Gasteiger partial charge in [0.25, 0.3) is 20.2 Å². The number of rotatable bonds is 9. The van der Waals surface area contributed by atoms with Crippen LogP contribution < -0.4 is 20.9 Å². The van der Waals surface area contributed by atoms with Crippen molar-refractivity contribution in [3.05, 3.63) is 84.9 Å². The molecule has 6 rings (SSSR count). The zero-order chi connectivity index (χ0) is 37.5. The van der Waals surface area contributed by atoms with Crippen LogP contribution in [0.4, 0.5) is 34.1 Å². The van der Waals surface area contributed by atoms with Crippen molar-refractivity contribution in [2.75, 3.05) is 25.7 Å². The van der Waals surface area contributed by atoms with Crippen LogP contribution in [0.25, 0.3) is 32.7 Å². The number of hydrogen-bond acceptors (Lipinski definition) is 14. The van der Waals surface area contributed by atoms with Crippen LogP contribution in [0.1, 0.15) is 0 Å². The van der Waals surface area contributed by atoms with Gasteiger partial charge in [-0.05, 0) is 88.6 Å². The Balaban J connectivity index is 1.35. The molecule has 16 nitrogen and oxygen atoms in total. The topological polar surface area (TPSA) is 269 Å². The van der Waals surface area contributed by atoms with Crippen LogP contribution in [-0.4, -0.2) is 50.4 Å². The highest BCUT2D eigenvalue weighted by Gasteiger charge is 2.24. The first-order chi connectivity index (χ1) is 24.6. The summed E-state index contributed by atoms with van der Waals surface area (Å²) in [4.78, 5) is -1.34. The highest BCUT2D eigenvalue weighted by molar-refractivity contribution is 7.86. The first kappa shape index (κ1) is 35.5. The van der Waals surface area contributed by atoms with E-state index >= 15 is 0 Å². The Bertz CT molecular complexity index is 2720. The predicted molar refractivity (Wildman–Crippen MR) is 193 cm³/mol. The van der Waals surface area contributed by atoms with Gasteiger partial charge in [0.15, 0.2) is 11.5 Å². The molecule has 0 atom stereocenters. The maximum Gasteiger partial charge on any atom is 0.296 e. The second kappa shape index (κ2) is 13.4. The van der Waals surface area contributed by atoms with E-state index in [2.05, 4.69) is 20.5 Å². The number of azo groups is 2. The SMILES string of the molecule is COc1cc(-c2ccc(/N=N/c3c(S(=O)(=O)O)cc4ccc(N)cc4c3O)c(OC)c2)ccc1/N=N/c1c(S(=O)(=O)O)cc2cc(N)ccc2c1O. The third-order valence-corrected chi connectivity index (χ3v) is 9.65. The van der Waals surface area contributed by atoms with Gasteiger partial charge in [-0.15, -0.1) is 20.5 Å². The summed E-state index contributed by atoms with van der Waals surface area (Å²) in [6.07, 6.45) is 0. The molecule has 0 radical (unpaired) electrons. The lowest BCUT2D eigenvalue weighted by molar-refractivity contribution is 0.415. The molecule has 0 spiro atoms. The van der Waals surface area contributed by atoms with E-state index < -0.39 is 52.9 Å². The minimum absolute atomic E-state index is 0.143. The Morgan fingerprint density at radius 1 is 0.538 bits per heavy atom. The third kappa shape index (κ3) is 6.86. The number of nitrogen functional groups attached to an aromatic ring is 2. The summed E-state index contributed by atoms with van der Waals surface area (Å²) in [5, 5.41) is 38.9. The Labute approximate surface area is 295 Å². The molecule has 0 heterocycles. The fourth-order valence-corrected chi connectivity index (χ4v) is 6.72. The molecule has 0 unspecified atom stereocenters. The summed E-state index contributed by atoms with van der Waals surface area (Å²) in [5.74, 6) is -0.691. The van der Waals surface area contributed by atoms with Gasteiger partial charge in [0.2, 0.25) is 0 Å². The lowest BCUT2D eigenvalue weighted by Gasteiger charge is -2.11. The molecule has 0 amide bonds. The molecular weight excluding hydrogens is 717 g/mol. The average molecular weight is 745 g/mol.